The van der Waals surface area contributed by atoms with Gasteiger partial charge in [-0.2, -0.15) is 5.10 Å². The number of H-pyrrole nitrogens is 2. The van der Waals surface area contributed by atoms with Crippen molar-refractivity contribution in [1.82, 2.24) is 30.1 Å². The number of thiophene rings is 1. The fourth-order valence-electron chi connectivity index (χ4n) is 6.00. The van der Waals surface area contributed by atoms with E-state index in [0.717, 1.165) is 84.3 Å². The lowest BCUT2D eigenvalue weighted by Gasteiger charge is -2.22. The molecule has 0 bridgehead atoms. The zero-order valence-electron chi connectivity index (χ0n) is 23.7. The SMILES string of the molecule is C=C(CC1CCCCC1)Nc1cncc(-c2cc3c(-c4cc5c(-c6ccc(C(=C)C)s6)nccc5[nH]4)n[nH]c3cn2)c1. The molecule has 1 saturated carbocycles. The highest BCUT2D eigenvalue weighted by molar-refractivity contribution is 7.16. The average molecular weight is 572 g/mol. The number of anilines is 1. The number of pyridine rings is 3. The Morgan fingerprint density at radius 1 is 0.952 bits per heavy atom. The van der Waals surface area contributed by atoms with E-state index in [-0.39, 0.29) is 0 Å². The first kappa shape index (κ1) is 26.3. The maximum atomic E-state index is 4.73. The molecule has 42 heavy (non-hydrogen) atoms. The van der Waals surface area contributed by atoms with Gasteiger partial charge in [-0.25, -0.2) is 0 Å². The van der Waals surface area contributed by atoms with Crippen molar-refractivity contribution in [2.45, 2.75) is 45.4 Å². The highest BCUT2D eigenvalue weighted by Gasteiger charge is 2.17. The third-order valence-corrected chi connectivity index (χ3v) is 9.38. The molecule has 7 rings (SSSR count). The first-order valence-electron chi connectivity index (χ1n) is 14.5. The lowest BCUT2D eigenvalue weighted by molar-refractivity contribution is 0.357. The summed E-state index contributed by atoms with van der Waals surface area (Å²) in [6, 6.07) is 12.5. The molecule has 0 aromatic carbocycles. The van der Waals surface area contributed by atoms with Gasteiger partial charge in [-0.3, -0.25) is 20.1 Å². The topological polar surface area (TPSA) is 95.2 Å². The lowest BCUT2D eigenvalue weighted by atomic mass is 9.86. The Kier molecular flexibility index (Phi) is 6.91. The molecule has 7 nitrogen and oxygen atoms in total. The number of aromatic amines is 2. The first-order valence-corrected chi connectivity index (χ1v) is 15.3. The standard InChI is InChI=1S/C34H33N7S/c1-20(2)31-9-10-32(42-31)34-25-16-29(39-27(25)11-12-36-34)33-26-15-28(37-19-30(26)40-41-33)23-14-24(18-35-17-23)38-21(3)13-22-7-5-4-6-8-22/h9-12,14-19,22,38-39H,1,3-8,13H2,2H3,(H,40,41). The summed E-state index contributed by atoms with van der Waals surface area (Å²) in [5, 5.41) is 13.4. The van der Waals surface area contributed by atoms with Crippen molar-refractivity contribution in [2.24, 2.45) is 5.92 Å². The number of nitrogens with zero attached hydrogens (tertiary/aromatic N) is 4. The Morgan fingerprint density at radius 3 is 2.64 bits per heavy atom. The average Bonchev–Trinajstić information content (AvgIpc) is 3.75. The second-order valence-corrected chi connectivity index (χ2v) is 12.4. The van der Waals surface area contributed by atoms with Gasteiger partial charge in [0.05, 0.1) is 45.6 Å². The minimum atomic E-state index is 0.731. The number of allylic oxidation sites excluding steroid dienone is 2. The fourth-order valence-corrected chi connectivity index (χ4v) is 6.94. The Labute approximate surface area is 248 Å². The van der Waals surface area contributed by atoms with E-state index in [9.17, 15) is 0 Å². The van der Waals surface area contributed by atoms with Gasteiger partial charge < -0.3 is 10.3 Å². The van der Waals surface area contributed by atoms with Crippen LogP contribution in [0.4, 0.5) is 5.69 Å². The minimum absolute atomic E-state index is 0.731. The molecule has 6 aromatic heterocycles. The second-order valence-electron chi connectivity index (χ2n) is 11.3. The van der Waals surface area contributed by atoms with Crippen molar-refractivity contribution in [2.75, 3.05) is 5.32 Å². The number of hydrogen-bond donors (Lipinski definition) is 3. The van der Waals surface area contributed by atoms with Gasteiger partial charge in [0.15, 0.2) is 0 Å². The van der Waals surface area contributed by atoms with Crippen LogP contribution in [0.15, 0.2) is 80.0 Å². The van der Waals surface area contributed by atoms with Crippen LogP contribution >= 0.6 is 11.3 Å². The molecule has 0 atom stereocenters. The van der Waals surface area contributed by atoms with Gasteiger partial charge in [-0.15, -0.1) is 11.3 Å². The summed E-state index contributed by atoms with van der Waals surface area (Å²) in [5.74, 6) is 0.731. The van der Waals surface area contributed by atoms with Crippen LogP contribution in [0.2, 0.25) is 0 Å². The summed E-state index contributed by atoms with van der Waals surface area (Å²) in [6.07, 6.45) is 15.0. The van der Waals surface area contributed by atoms with Crippen LogP contribution in [0.3, 0.4) is 0 Å². The van der Waals surface area contributed by atoms with Crippen molar-refractivity contribution in [3.05, 3.63) is 84.9 Å². The van der Waals surface area contributed by atoms with Crippen LogP contribution in [0.5, 0.6) is 0 Å². The number of nitrogens with one attached hydrogen (secondary N) is 3. The van der Waals surface area contributed by atoms with E-state index in [1.54, 1.807) is 11.3 Å². The molecule has 3 N–H and O–H groups in total. The van der Waals surface area contributed by atoms with Crippen molar-refractivity contribution in [1.29, 1.82) is 0 Å². The molecule has 8 heteroatoms. The molecule has 0 spiro atoms. The molecule has 0 unspecified atom stereocenters. The van der Waals surface area contributed by atoms with E-state index in [4.69, 9.17) is 9.97 Å². The van der Waals surface area contributed by atoms with E-state index in [1.165, 1.54) is 37.0 Å². The molecule has 0 aliphatic heterocycles. The van der Waals surface area contributed by atoms with Gasteiger partial charge in [-0.05, 0) is 61.2 Å². The third-order valence-electron chi connectivity index (χ3n) is 8.13. The van der Waals surface area contributed by atoms with Gasteiger partial charge in [-0.1, -0.05) is 45.3 Å². The van der Waals surface area contributed by atoms with Crippen molar-refractivity contribution < 1.29 is 0 Å². The summed E-state index contributed by atoms with van der Waals surface area (Å²) < 4.78 is 0. The van der Waals surface area contributed by atoms with Gasteiger partial charge in [0.1, 0.15) is 5.69 Å². The predicted molar refractivity (Wildman–Crippen MR) is 174 cm³/mol. The van der Waals surface area contributed by atoms with Crippen LogP contribution in [0, 0.1) is 5.92 Å². The molecule has 1 fully saturated rings. The van der Waals surface area contributed by atoms with Crippen molar-refractivity contribution >= 4 is 44.4 Å². The number of fused-ring (bicyclic) bond motifs is 2. The Hall–Kier alpha value is -4.56. The Bertz CT molecular complexity index is 1940. The molecule has 0 amide bonds. The van der Waals surface area contributed by atoms with E-state index < -0.39 is 0 Å². The highest BCUT2D eigenvalue weighted by Crippen LogP contribution is 2.37. The summed E-state index contributed by atoms with van der Waals surface area (Å²) in [6.45, 7) is 10.4. The van der Waals surface area contributed by atoms with Crippen LogP contribution in [-0.2, 0) is 0 Å². The van der Waals surface area contributed by atoms with E-state index in [2.05, 4.69) is 69.0 Å². The zero-order chi connectivity index (χ0) is 28.6. The van der Waals surface area contributed by atoms with E-state index in [0.29, 0.717) is 0 Å². The van der Waals surface area contributed by atoms with E-state index in [1.807, 2.05) is 37.8 Å². The normalized spacial score (nSPS) is 14.0. The molecule has 0 radical (unpaired) electrons. The molecule has 0 saturated heterocycles. The van der Waals surface area contributed by atoms with Gasteiger partial charge in [0, 0.05) is 44.8 Å². The molecular formula is C34H33N7S. The van der Waals surface area contributed by atoms with Gasteiger partial charge in [0.2, 0.25) is 0 Å². The van der Waals surface area contributed by atoms with Crippen LogP contribution in [-0.4, -0.2) is 30.1 Å². The van der Waals surface area contributed by atoms with Crippen molar-refractivity contribution in [3.63, 3.8) is 0 Å². The second kappa shape index (κ2) is 11.0. The Balaban J connectivity index is 1.19. The molecule has 6 aromatic rings. The van der Waals surface area contributed by atoms with Crippen LogP contribution in [0.25, 0.3) is 60.6 Å². The molecule has 1 aliphatic carbocycles. The monoisotopic (exact) mass is 571 g/mol. The van der Waals surface area contributed by atoms with Gasteiger partial charge in [0.25, 0.3) is 0 Å². The zero-order valence-corrected chi connectivity index (χ0v) is 24.5. The van der Waals surface area contributed by atoms with E-state index >= 15 is 0 Å². The fraction of sp³-hybridized carbons (Fsp3) is 0.235. The molecule has 1 aliphatic rings. The highest BCUT2D eigenvalue weighted by atomic mass is 32.1. The summed E-state index contributed by atoms with van der Waals surface area (Å²) >= 11 is 1.71. The molecular weight excluding hydrogens is 538 g/mol. The minimum Gasteiger partial charge on any atom is -0.358 e. The summed E-state index contributed by atoms with van der Waals surface area (Å²) in [4.78, 5) is 19.8. The number of hydrogen-bond acceptors (Lipinski definition) is 6. The quantitative estimate of drug-likeness (QED) is 0.169. The van der Waals surface area contributed by atoms with Crippen LogP contribution in [0.1, 0.15) is 50.3 Å². The first-order chi connectivity index (χ1) is 20.5. The lowest BCUT2D eigenvalue weighted by Crippen LogP contribution is -2.10. The summed E-state index contributed by atoms with van der Waals surface area (Å²) in [7, 11) is 0. The predicted octanol–water partition coefficient (Wildman–Crippen LogP) is 9.22. The maximum Gasteiger partial charge on any atom is 0.116 e. The maximum absolute atomic E-state index is 4.73. The van der Waals surface area contributed by atoms with Crippen LogP contribution < -0.4 is 5.32 Å². The van der Waals surface area contributed by atoms with Crippen molar-refractivity contribution in [3.8, 4) is 33.2 Å². The smallest absolute Gasteiger partial charge is 0.116 e. The number of rotatable bonds is 8. The largest absolute Gasteiger partial charge is 0.358 e. The number of aromatic nitrogens is 6. The summed E-state index contributed by atoms with van der Waals surface area (Å²) in [5.41, 5.74) is 9.42. The van der Waals surface area contributed by atoms with Gasteiger partial charge >= 0.3 is 0 Å². The molecule has 210 valence electrons. The Morgan fingerprint density at radius 2 is 1.81 bits per heavy atom. The molecule has 6 heterocycles. The third kappa shape index (κ3) is 5.14.